The van der Waals surface area contributed by atoms with Gasteiger partial charge < -0.3 is 0 Å². The van der Waals surface area contributed by atoms with Crippen LogP contribution in [0.1, 0.15) is 55.7 Å². The molecule has 4 aliphatic carbocycles. The number of hydrogen-bond donors (Lipinski definition) is 0. The molecule has 0 aliphatic heterocycles. The van der Waals surface area contributed by atoms with Crippen molar-refractivity contribution in [2.75, 3.05) is 0 Å². The molecule has 0 N–H and O–H groups in total. The van der Waals surface area contributed by atoms with Crippen molar-refractivity contribution in [2.24, 2.45) is 22.7 Å². The fraction of sp³-hybridized carbons (Fsp3) is 0.750. The molecule has 1 aromatic rings. The summed E-state index contributed by atoms with van der Waals surface area (Å²) in [5, 5.41) is 0.195. The van der Waals surface area contributed by atoms with Crippen LogP contribution in [0.15, 0.2) is 14.3 Å². The Hall–Kier alpha value is 0.950. The first-order valence-corrected chi connectivity index (χ1v) is 10.3. The molecule has 5 rings (SSSR count). The maximum atomic E-state index is 7.04. The number of hydrogen-bond acceptors (Lipinski definition) is 1. The first-order chi connectivity index (χ1) is 9.39. The lowest BCUT2D eigenvalue weighted by Crippen LogP contribution is -2.52. The van der Waals surface area contributed by atoms with Crippen molar-refractivity contribution in [1.82, 2.24) is 0 Å². The van der Waals surface area contributed by atoms with Crippen LogP contribution in [0.25, 0.3) is 0 Å². The van der Waals surface area contributed by atoms with Crippen LogP contribution in [0.3, 0.4) is 0 Å². The fourth-order valence-electron chi connectivity index (χ4n) is 5.88. The number of thiophene rings is 1. The molecule has 1 heterocycles. The van der Waals surface area contributed by atoms with Gasteiger partial charge in [-0.2, -0.15) is 0 Å². The van der Waals surface area contributed by atoms with E-state index in [1.807, 2.05) is 11.3 Å². The molecular weight excluding hydrogens is 420 g/mol. The molecule has 0 aromatic carbocycles. The zero-order chi connectivity index (χ0) is 14.1. The average Bonchev–Trinajstić information content (AvgIpc) is 2.65. The molecule has 0 amide bonds. The zero-order valence-electron chi connectivity index (χ0n) is 11.6. The topological polar surface area (TPSA) is 0 Å². The third-order valence-corrected chi connectivity index (χ3v) is 10.00. The maximum absolute atomic E-state index is 7.04. The summed E-state index contributed by atoms with van der Waals surface area (Å²) >= 11 is 16.1. The van der Waals surface area contributed by atoms with E-state index >= 15 is 0 Å². The Bertz CT molecular complexity index is 519. The lowest BCUT2D eigenvalue weighted by atomic mass is 9.44. The third-order valence-electron chi connectivity index (χ3n) is 5.85. The van der Waals surface area contributed by atoms with Gasteiger partial charge in [0.15, 0.2) is 0 Å². The monoisotopic (exact) mass is 436 g/mol. The minimum absolute atomic E-state index is 0.195. The highest BCUT2D eigenvalue weighted by Gasteiger charge is 2.58. The van der Waals surface area contributed by atoms with E-state index in [9.17, 15) is 0 Å². The van der Waals surface area contributed by atoms with Crippen LogP contribution in [0, 0.1) is 22.7 Å². The molecule has 20 heavy (non-hydrogen) atoms. The van der Waals surface area contributed by atoms with E-state index in [0.717, 1.165) is 16.3 Å². The van der Waals surface area contributed by atoms with Crippen LogP contribution in [0.2, 0.25) is 0 Å². The molecule has 3 unspecified atom stereocenters. The number of rotatable bonds is 2. The largest absolute Gasteiger partial charge is 0.130 e. The van der Waals surface area contributed by atoms with Crippen LogP contribution < -0.4 is 0 Å². The van der Waals surface area contributed by atoms with Gasteiger partial charge in [0.1, 0.15) is 0 Å². The molecule has 4 saturated carbocycles. The SMILES string of the molecule is CC12CC3CC(C1)CC(C(Cl)c1cc(Br)c(Br)s1)(C3)C2. The third kappa shape index (κ3) is 2.18. The quantitative estimate of drug-likeness (QED) is 0.430. The van der Waals surface area contributed by atoms with Gasteiger partial charge in [-0.15, -0.1) is 22.9 Å². The van der Waals surface area contributed by atoms with Crippen molar-refractivity contribution in [3.63, 3.8) is 0 Å². The molecule has 4 fully saturated rings. The van der Waals surface area contributed by atoms with Crippen molar-refractivity contribution in [3.8, 4) is 0 Å². The molecule has 0 nitrogen and oxygen atoms in total. The maximum Gasteiger partial charge on any atom is 0.0843 e. The summed E-state index contributed by atoms with van der Waals surface area (Å²) in [4.78, 5) is 1.34. The molecular formula is C16H19Br2ClS. The number of halogens is 3. The highest BCUT2D eigenvalue weighted by Crippen LogP contribution is 2.69. The Morgan fingerprint density at radius 3 is 2.40 bits per heavy atom. The van der Waals surface area contributed by atoms with E-state index < -0.39 is 0 Å². The van der Waals surface area contributed by atoms with Crippen LogP contribution in [-0.2, 0) is 0 Å². The summed E-state index contributed by atoms with van der Waals surface area (Å²) < 4.78 is 2.33. The summed E-state index contributed by atoms with van der Waals surface area (Å²) in [5.74, 6) is 1.88. The molecule has 0 saturated heterocycles. The molecule has 3 atom stereocenters. The Kier molecular flexibility index (Phi) is 3.43. The van der Waals surface area contributed by atoms with E-state index in [4.69, 9.17) is 11.6 Å². The molecule has 1 aromatic heterocycles. The summed E-state index contributed by atoms with van der Waals surface area (Å²) in [6, 6.07) is 2.23. The summed E-state index contributed by atoms with van der Waals surface area (Å²) in [5.41, 5.74) is 0.938. The van der Waals surface area contributed by atoms with Crippen molar-refractivity contribution in [1.29, 1.82) is 0 Å². The fourth-order valence-corrected chi connectivity index (χ4v) is 8.55. The minimum Gasteiger partial charge on any atom is -0.130 e. The molecule has 4 heteroatoms. The Morgan fingerprint density at radius 2 is 1.90 bits per heavy atom. The van der Waals surface area contributed by atoms with Crippen molar-refractivity contribution < 1.29 is 0 Å². The Labute approximate surface area is 146 Å². The Balaban J connectivity index is 1.70. The molecule has 0 spiro atoms. The molecule has 110 valence electrons. The van der Waals surface area contributed by atoms with Crippen molar-refractivity contribution in [2.45, 2.75) is 50.8 Å². The Morgan fingerprint density at radius 1 is 1.25 bits per heavy atom. The summed E-state index contributed by atoms with van der Waals surface area (Å²) in [6.45, 7) is 2.52. The van der Waals surface area contributed by atoms with Gasteiger partial charge >= 0.3 is 0 Å². The predicted molar refractivity (Wildman–Crippen MR) is 93.5 cm³/mol. The zero-order valence-corrected chi connectivity index (χ0v) is 16.3. The van der Waals surface area contributed by atoms with Gasteiger partial charge in [0.05, 0.1) is 9.16 Å². The lowest BCUT2D eigenvalue weighted by molar-refractivity contribution is -0.103. The first-order valence-electron chi connectivity index (χ1n) is 7.48. The van der Waals surface area contributed by atoms with Crippen LogP contribution in [-0.4, -0.2) is 0 Å². The minimum atomic E-state index is 0.195. The van der Waals surface area contributed by atoms with E-state index in [1.165, 1.54) is 47.2 Å². The van der Waals surface area contributed by atoms with Crippen molar-refractivity contribution >= 4 is 54.8 Å². The van der Waals surface area contributed by atoms with E-state index in [1.54, 1.807) is 0 Å². The predicted octanol–water partition coefficient (Wildman–Crippen LogP) is 7.16. The average molecular weight is 439 g/mol. The number of alkyl halides is 1. The molecule has 4 bridgehead atoms. The second kappa shape index (κ2) is 4.72. The van der Waals surface area contributed by atoms with Crippen molar-refractivity contribution in [3.05, 3.63) is 19.2 Å². The summed E-state index contributed by atoms with van der Waals surface area (Å²) in [7, 11) is 0. The van der Waals surface area contributed by atoms with Gasteiger partial charge in [0, 0.05) is 9.35 Å². The summed E-state index contributed by atoms with van der Waals surface area (Å²) in [6.07, 6.45) is 8.44. The smallest absolute Gasteiger partial charge is 0.0843 e. The van der Waals surface area contributed by atoms with Crippen LogP contribution in [0.4, 0.5) is 0 Å². The van der Waals surface area contributed by atoms with Gasteiger partial charge in [0.2, 0.25) is 0 Å². The van der Waals surface area contributed by atoms with Gasteiger partial charge in [-0.3, -0.25) is 0 Å². The van der Waals surface area contributed by atoms with Gasteiger partial charge in [0.25, 0.3) is 0 Å². The highest BCUT2D eigenvalue weighted by molar-refractivity contribution is 9.13. The van der Waals surface area contributed by atoms with Crippen LogP contribution >= 0.6 is 54.8 Å². The molecule has 0 radical (unpaired) electrons. The van der Waals surface area contributed by atoms with E-state index in [-0.39, 0.29) is 5.38 Å². The van der Waals surface area contributed by atoms with Crippen LogP contribution in [0.5, 0.6) is 0 Å². The van der Waals surface area contributed by atoms with Gasteiger partial charge in [-0.05, 0) is 99.1 Å². The second-order valence-electron chi connectivity index (χ2n) is 7.77. The molecule has 4 aliphatic rings. The normalized spacial score (nSPS) is 44.0. The van der Waals surface area contributed by atoms with Gasteiger partial charge in [-0.25, -0.2) is 0 Å². The van der Waals surface area contributed by atoms with E-state index in [0.29, 0.717) is 10.8 Å². The first kappa shape index (κ1) is 14.5. The second-order valence-corrected chi connectivity index (χ2v) is 11.5. The lowest BCUT2D eigenvalue weighted by Gasteiger charge is -2.62. The highest BCUT2D eigenvalue weighted by atomic mass is 79.9. The van der Waals surface area contributed by atoms with Gasteiger partial charge in [-0.1, -0.05) is 6.92 Å². The standard InChI is InChI=1S/C16H19Br2ClS/c1-15-4-9-2-10(5-15)7-16(6-9,8-15)13(19)12-3-11(17)14(18)20-12/h3,9-10,13H,2,4-8H2,1H3. The van der Waals surface area contributed by atoms with E-state index in [2.05, 4.69) is 44.8 Å².